The topological polar surface area (TPSA) is 20.2 Å². The first-order valence-corrected chi connectivity index (χ1v) is 8.75. The zero-order valence-corrected chi connectivity index (χ0v) is 12.7. The van der Waals surface area contributed by atoms with Crippen molar-refractivity contribution in [3.63, 3.8) is 0 Å². The van der Waals surface area contributed by atoms with Gasteiger partial charge in [0.15, 0.2) is 0 Å². The van der Waals surface area contributed by atoms with Gasteiger partial charge in [0.2, 0.25) is 0 Å². The van der Waals surface area contributed by atoms with Crippen molar-refractivity contribution in [3.05, 3.63) is 21.3 Å². The van der Waals surface area contributed by atoms with Gasteiger partial charge >= 0.3 is 0 Å². The highest BCUT2D eigenvalue weighted by molar-refractivity contribution is 7.16. The normalized spacial score (nSPS) is 41.7. The van der Waals surface area contributed by atoms with Crippen molar-refractivity contribution in [2.24, 2.45) is 23.2 Å². The molecule has 0 aromatic carbocycles. The van der Waals surface area contributed by atoms with E-state index < -0.39 is 0 Å². The van der Waals surface area contributed by atoms with Gasteiger partial charge in [0, 0.05) is 4.88 Å². The van der Waals surface area contributed by atoms with Crippen molar-refractivity contribution in [2.75, 3.05) is 0 Å². The second-order valence-electron chi connectivity index (χ2n) is 7.28. The Hall–Kier alpha value is -0.0500. The second kappa shape index (κ2) is 4.47. The average molecular weight is 297 g/mol. The number of thiophene rings is 1. The molecule has 1 unspecified atom stereocenters. The summed E-state index contributed by atoms with van der Waals surface area (Å²) in [6.07, 6.45) is 9.20. The summed E-state index contributed by atoms with van der Waals surface area (Å²) in [4.78, 5) is 1.06. The fourth-order valence-electron chi connectivity index (χ4n) is 5.56. The third-order valence-electron chi connectivity index (χ3n) is 5.71. The van der Waals surface area contributed by atoms with Crippen LogP contribution < -0.4 is 0 Å². The summed E-state index contributed by atoms with van der Waals surface area (Å²) in [6.45, 7) is 0. The molecule has 1 N–H and O–H groups in total. The van der Waals surface area contributed by atoms with E-state index in [0.29, 0.717) is 5.41 Å². The lowest BCUT2D eigenvalue weighted by Crippen LogP contribution is -2.46. The molecule has 1 aromatic rings. The molecule has 1 atom stereocenters. The molecule has 4 aliphatic rings. The standard InChI is InChI=1S/C16H21ClOS/c17-15-2-1-14(19-15)13(18)9-16-6-10-3-11(7-16)5-12(4-10)8-16/h1-2,10-13,18H,3-9H2. The maximum absolute atomic E-state index is 10.5. The Morgan fingerprint density at radius 1 is 1.16 bits per heavy atom. The maximum atomic E-state index is 10.5. The van der Waals surface area contributed by atoms with E-state index in [0.717, 1.165) is 33.4 Å². The van der Waals surface area contributed by atoms with Gasteiger partial charge in [0.25, 0.3) is 0 Å². The molecule has 4 saturated carbocycles. The van der Waals surface area contributed by atoms with E-state index in [1.807, 2.05) is 12.1 Å². The lowest BCUT2D eigenvalue weighted by atomic mass is 9.48. The Balaban J connectivity index is 1.53. The molecule has 4 aliphatic carbocycles. The quantitative estimate of drug-likeness (QED) is 0.828. The molecule has 1 nitrogen and oxygen atoms in total. The molecule has 5 rings (SSSR count). The van der Waals surface area contributed by atoms with E-state index in [2.05, 4.69) is 0 Å². The third-order valence-corrected chi connectivity index (χ3v) is 7.05. The Bertz CT molecular complexity index is 446. The third kappa shape index (κ3) is 2.26. The molecule has 0 amide bonds. The summed E-state index contributed by atoms with van der Waals surface area (Å²) in [7, 11) is 0. The van der Waals surface area contributed by atoms with Gasteiger partial charge in [0.1, 0.15) is 0 Å². The van der Waals surface area contributed by atoms with Crippen LogP contribution in [-0.4, -0.2) is 5.11 Å². The zero-order valence-electron chi connectivity index (χ0n) is 11.1. The minimum absolute atomic E-state index is 0.297. The van der Waals surface area contributed by atoms with Crippen LogP contribution in [0.2, 0.25) is 4.34 Å². The predicted molar refractivity (Wildman–Crippen MR) is 79.5 cm³/mol. The molecule has 104 valence electrons. The Morgan fingerprint density at radius 2 is 1.74 bits per heavy atom. The van der Waals surface area contributed by atoms with E-state index in [-0.39, 0.29) is 6.10 Å². The van der Waals surface area contributed by atoms with Gasteiger partial charge in [0.05, 0.1) is 10.4 Å². The molecule has 0 aliphatic heterocycles. The van der Waals surface area contributed by atoms with Crippen LogP contribution in [-0.2, 0) is 0 Å². The van der Waals surface area contributed by atoms with E-state index in [9.17, 15) is 5.11 Å². The van der Waals surface area contributed by atoms with Crippen LogP contribution in [0.25, 0.3) is 0 Å². The second-order valence-corrected chi connectivity index (χ2v) is 9.03. The highest BCUT2D eigenvalue weighted by Crippen LogP contribution is 2.62. The van der Waals surface area contributed by atoms with Gasteiger partial charge in [-0.15, -0.1) is 11.3 Å². The molecule has 1 heterocycles. The molecule has 19 heavy (non-hydrogen) atoms. The van der Waals surface area contributed by atoms with Crippen molar-refractivity contribution in [2.45, 2.75) is 51.0 Å². The van der Waals surface area contributed by atoms with Crippen molar-refractivity contribution in [3.8, 4) is 0 Å². The summed E-state index contributed by atoms with van der Waals surface area (Å²) in [5.74, 6) is 2.89. The lowest BCUT2D eigenvalue weighted by molar-refractivity contribution is -0.0760. The maximum Gasteiger partial charge on any atom is 0.0932 e. The largest absolute Gasteiger partial charge is 0.388 e. The van der Waals surface area contributed by atoms with Crippen LogP contribution in [0.15, 0.2) is 12.1 Å². The van der Waals surface area contributed by atoms with E-state index >= 15 is 0 Å². The number of hydrogen-bond donors (Lipinski definition) is 1. The van der Waals surface area contributed by atoms with Gasteiger partial charge in [-0.05, 0) is 80.2 Å². The smallest absolute Gasteiger partial charge is 0.0932 e. The number of aliphatic hydroxyl groups excluding tert-OH is 1. The van der Waals surface area contributed by atoms with Gasteiger partial charge in [-0.1, -0.05) is 11.6 Å². The van der Waals surface area contributed by atoms with Gasteiger partial charge in [-0.25, -0.2) is 0 Å². The first kappa shape index (κ1) is 12.7. The lowest BCUT2D eigenvalue weighted by Gasteiger charge is -2.57. The Labute approximate surface area is 124 Å². The monoisotopic (exact) mass is 296 g/mol. The molecule has 1 aromatic heterocycles. The number of hydrogen-bond acceptors (Lipinski definition) is 2. The predicted octanol–water partition coefficient (Wildman–Crippen LogP) is 5.04. The Morgan fingerprint density at radius 3 is 2.21 bits per heavy atom. The fourth-order valence-corrected chi connectivity index (χ4v) is 6.61. The van der Waals surface area contributed by atoms with Crippen LogP contribution in [0.3, 0.4) is 0 Å². The highest BCUT2D eigenvalue weighted by atomic mass is 35.5. The van der Waals surface area contributed by atoms with Gasteiger partial charge < -0.3 is 5.11 Å². The van der Waals surface area contributed by atoms with Gasteiger partial charge in [-0.3, -0.25) is 0 Å². The van der Waals surface area contributed by atoms with Crippen molar-refractivity contribution in [1.82, 2.24) is 0 Å². The number of halogens is 1. The number of rotatable bonds is 3. The summed E-state index contributed by atoms with van der Waals surface area (Å²) in [6, 6.07) is 3.91. The summed E-state index contributed by atoms with van der Waals surface area (Å²) in [5, 5.41) is 10.5. The first-order chi connectivity index (χ1) is 9.12. The molecule has 0 radical (unpaired) electrons. The molecule has 4 bridgehead atoms. The minimum atomic E-state index is -0.297. The number of aliphatic hydroxyl groups is 1. The molecule has 0 saturated heterocycles. The fraction of sp³-hybridized carbons (Fsp3) is 0.750. The molecular formula is C16H21ClOS. The van der Waals surface area contributed by atoms with Crippen LogP contribution >= 0.6 is 22.9 Å². The van der Waals surface area contributed by atoms with Crippen molar-refractivity contribution in [1.29, 1.82) is 0 Å². The molecule has 4 fully saturated rings. The van der Waals surface area contributed by atoms with Crippen molar-refractivity contribution >= 4 is 22.9 Å². The van der Waals surface area contributed by atoms with E-state index in [1.54, 1.807) is 0 Å². The molecule has 0 spiro atoms. The molecular weight excluding hydrogens is 276 g/mol. The van der Waals surface area contributed by atoms with Crippen LogP contribution in [0, 0.1) is 23.2 Å². The highest BCUT2D eigenvalue weighted by Gasteiger charge is 2.51. The van der Waals surface area contributed by atoms with Crippen LogP contribution in [0.1, 0.15) is 55.9 Å². The van der Waals surface area contributed by atoms with Crippen molar-refractivity contribution < 1.29 is 5.11 Å². The molecule has 3 heteroatoms. The first-order valence-electron chi connectivity index (χ1n) is 7.55. The summed E-state index contributed by atoms with van der Waals surface area (Å²) < 4.78 is 0.791. The van der Waals surface area contributed by atoms with E-state index in [4.69, 9.17) is 11.6 Å². The minimum Gasteiger partial charge on any atom is -0.388 e. The SMILES string of the molecule is OC(CC12CC3CC(CC(C3)C1)C2)c1ccc(Cl)s1. The van der Waals surface area contributed by atoms with Gasteiger partial charge in [-0.2, -0.15) is 0 Å². The van der Waals surface area contributed by atoms with Crippen LogP contribution in [0.5, 0.6) is 0 Å². The summed E-state index contributed by atoms with van der Waals surface area (Å²) in [5.41, 5.74) is 0.449. The van der Waals surface area contributed by atoms with Crippen LogP contribution in [0.4, 0.5) is 0 Å². The average Bonchev–Trinajstić information content (AvgIpc) is 2.73. The van der Waals surface area contributed by atoms with E-state index in [1.165, 1.54) is 49.9 Å². The zero-order chi connectivity index (χ0) is 13.0. The Kier molecular flexibility index (Phi) is 2.98. The summed E-state index contributed by atoms with van der Waals surface area (Å²) >= 11 is 7.53.